The molecule has 3 nitrogen and oxygen atoms in total. The van der Waals surface area contributed by atoms with Gasteiger partial charge in [-0.2, -0.15) is 30.2 Å². The summed E-state index contributed by atoms with van der Waals surface area (Å²) in [6, 6.07) is 0. The van der Waals surface area contributed by atoms with E-state index in [0.717, 1.165) is 0 Å². The molecule has 0 unspecified atom stereocenters. The van der Waals surface area contributed by atoms with Crippen LogP contribution in [0.15, 0.2) is 0 Å². The van der Waals surface area contributed by atoms with Gasteiger partial charge in [-0.25, -0.2) is 0 Å². The molecular formula is C2Cl2F4O3S. The monoisotopic (exact) mass is 250 g/mol. The Balaban J connectivity index is 4.70. The Morgan fingerprint density at radius 2 is 1.42 bits per heavy atom. The fourth-order valence-corrected chi connectivity index (χ4v) is 1.01. The van der Waals surface area contributed by atoms with Crippen molar-refractivity contribution in [2.45, 2.75) is 10.3 Å². The lowest BCUT2D eigenvalue weighted by Crippen LogP contribution is -2.30. The molecule has 0 radical (unpaired) electrons. The van der Waals surface area contributed by atoms with Crippen molar-refractivity contribution in [3.8, 4) is 0 Å². The van der Waals surface area contributed by atoms with Gasteiger partial charge in [-0.1, -0.05) is 0 Å². The summed E-state index contributed by atoms with van der Waals surface area (Å²) in [5.41, 5.74) is -5.76. The van der Waals surface area contributed by atoms with Crippen molar-refractivity contribution in [3.05, 3.63) is 0 Å². The van der Waals surface area contributed by atoms with Crippen LogP contribution in [0.3, 0.4) is 0 Å². The van der Waals surface area contributed by atoms with Crippen LogP contribution in [0.2, 0.25) is 0 Å². The molecule has 0 amide bonds. The maximum absolute atomic E-state index is 11.8. The van der Waals surface area contributed by atoms with E-state index in [9.17, 15) is 26.0 Å². The van der Waals surface area contributed by atoms with Crippen LogP contribution < -0.4 is 0 Å². The molecule has 0 saturated heterocycles. The molecule has 0 fully saturated rings. The first-order valence-electron chi connectivity index (χ1n) is 2.04. The highest BCUT2D eigenvalue weighted by atomic mass is 35.5. The maximum atomic E-state index is 11.8. The number of alkyl halides is 6. The molecule has 0 bridgehead atoms. The molecule has 0 aliphatic heterocycles. The Hall–Kier alpha value is 0.210. The topological polar surface area (TPSA) is 43.4 Å². The number of halogens is 6. The fraction of sp³-hybridized carbons (Fsp3) is 1.00. The molecular weight excluding hydrogens is 251 g/mol. The van der Waals surface area contributed by atoms with Gasteiger partial charge < -0.3 is 0 Å². The molecule has 0 rings (SSSR count). The van der Waals surface area contributed by atoms with Crippen molar-refractivity contribution >= 4 is 33.3 Å². The third kappa shape index (κ3) is 3.74. The van der Waals surface area contributed by atoms with Gasteiger partial charge in [0.15, 0.2) is 0 Å². The van der Waals surface area contributed by atoms with Gasteiger partial charge in [0.1, 0.15) is 0 Å². The molecule has 0 aliphatic rings. The second-order valence-corrected chi connectivity index (χ2v) is 4.13. The summed E-state index contributed by atoms with van der Waals surface area (Å²) in [4.78, 5) is 0. The van der Waals surface area contributed by atoms with Crippen LogP contribution in [0.1, 0.15) is 0 Å². The molecule has 0 atom stereocenters. The first kappa shape index (κ1) is 12.2. The molecule has 0 N–H and O–H groups in total. The number of rotatable bonds is 2. The van der Waals surface area contributed by atoms with Gasteiger partial charge in [0.2, 0.25) is 0 Å². The Labute approximate surface area is 74.3 Å². The highest BCUT2D eigenvalue weighted by molar-refractivity contribution is 7.87. The minimum absolute atomic E-state index is 2.70. The zero-order valence-electron chi connectivity index (χ0n) is 4.90. The van der Waals surface area contributed by atoms with Crippen LogP contribution in [-0.4, -0.2) is 18.7 Å². The van der Waals surface area contributed by atoms with Crippen molar-refractivity contribution < 1.29 is 30.2 Å². The minimum Gasteiger partial charge on any atom is -0.194 e. The summed E-state index contributed by atoms with van der Waals surface area (Å²) in [5, 5.41) is 0. The van der Waals surface area contributed by atoms with Gasteiger partial charge in [0.25, 0.3) is 0 Å². The average molecular weight is 251 g/mol. The SMILES string of the molecule is O=S(=O)(OC(F)(Cl)Cl)C(F)(F)F. The highest BCUT2D eigenvalue weighted by Crippen LogP contribution is 2.33. The second kappa shape index (κ2) is 3.17. The van der Waals surface area contributed by atoms with Crippen molar-refractivity contribution in [1.82, 2.24) is 0 Å². The van der Waals surface area contributed by atoms with Crippen LogP contribution in [-0.2, 0) is 14.3 Å². The predicted octanol–water partition coefficient (Wildman–Crippen LogP) is 1.91. The van der Waals surface area contributed by atoms with E-state index >= 15 is 0 Å². The third-order valence-electron chi connectivity index (χ3n) is 0.488. The van der Waals surface area contributed by atoms with Crippen LogP contribution in [0.4, 0.5) is 17.6 Å². The van der Waals surface area contributed by atoms with Gasteiger partial charge >= 0.3 is 20.4 Å². The summed E-state index contributed by atoms with van der Waals surface area (Å²) in [6.45, 7) is 0. The predicted molar refractivity (Wildman–Crippen MR) is 31.6 cm³/mol. The van der Waals surface area contributed by atoms with Gasteiger partial charge in [0.05, 0.1) is 0 Å². The number of hydrogen-bond acceptors (Lipinski definition) is 3. The van der Waals surface area contributed by atoms with Crippen molar-refractivity contribution in [3.63, 3.8) is 0 Å². The van der Waals surface area contributed by atoms with E-state index in [4.69, 9.17) is 0 Å². The first-order valence-corrected chi connectivity index (χ1v) is 4.21. The summed E-state index contributed by atoms with van der Waals surface area (Å²) < 4.78 is 64.5. The largest absolute Gasteiger partial charge is 0.523 e. The van der Waals surface area contributed by atoms with Gasteiger partial charge in [-0.3, -0.25) is 0 Å². The smallest absolute Gasteiger partial charge is 0.194 e. The van der Waals surface area contributed by atoms with E-state index < -0.39 is 20.4 Å². The molecule has 0 heterocycles. The van der Waals surface area contributed by atoms with Gasteiger partial charge in [0, 0.05) is 0 Å². The molecule has 0 aromatic heterocycles. The van der Waals surface area contributed by atoms with Crippen LogP contribution in [0.5, 0.6) is 0 Å². The van der Waals surface area contributed by atoms with Crippen LogP contribution >= 0.6 is 23.2 Å². The standard InChI is InChI=1S/C2Cl2F4O3S/c3-1(4,5)11-12(9,10)2(6,7)8. The summed E-state index contributed by atoms with van der Waals surface area (Å²) in [7, 11) is -6.09. The quantitative estimate of drug-likeness (QED) is 0.326. The van der Waals surface area contributed by atoms with E-state index in [2.05, 4.69) is 27.4 Å². The van der Waals surface area contributed by atoms with Crippen LogP contribution in [0, 0.1) is 0 Å². The molecule has 0 spiro atoms. The molecule has 0 aliphatic carbocycles. The third-order valence-corrected chi connectivity index (χ3v) is 1.84. The molecule has 0 saturated carbocycles. The van der Waals surface area contributed by atoms with E-state index in [1.165, 1.54) is 0 Å². The zero-order valence-corrected chi connectivity index (χ0v) is 7.23. The zero-order chi connectivity index (χ0) is 10.2. The van der Waals surface area contributed by atoms with Crippen molar-refractivity contribution in [2.75, 3.05) is 0 Å². The normalized spacial score (nSPS) is 14.8. The van der Waals surface area contributed by atoms with E-state index in [0.29, 0.717) is 0 Å². The Bertz CT molecular complexity index is 250. The summed E-state index contributed by atoms with van der Waals surface area (Å²) in [6.07, 6.45) is 0. The molecule has 74 valence electrons. The Morgan fingerprint density at radius 1 is 1.08 bits per heavy atom. The molecule has 0 aromatic carbocycles. The average Bonchev–Trinajstić information content (AvgIpc) is 1.52. The molecule has 10 heteroatoms. The summed E-state index contributed by atoms with van der Waals surface area (Å²) >= 11 is 8.44. The molecule has 12 heavy (non-hydrogen) atoms. The van der Waals surface area contributed by atoms with Gasteiger partial charge in [-0.15, -0.1) is 0 Å². The van der Waals surface area contributed by atoms with Crippen molar-refractivity contribution in [1.29, 1.82) is 0 Å². The van der Waals surface area contributed by atoms with Gasteiger partial charge in [-0.05, 0) is 23.2 Å². The maximum Gasteiger partial charge on any atom is 0.523 e. The first-order chi connectivity index (χ1) is 4.96. The molecule has 0 aromatic rings. The van der Waals surface area contributed by atoms with Crippen molar-refractivity contribution in [2.24, 2.45) is 0 Å². The second-order valence-electron chi connectivity index (χ2n) is 1.43. The summed E-state index contributed by atoms with van der Waals surface area (Å²) in [5.74, 6) is 0. The minimum atomic E-state index is -6.09. The Morgan fingerprint density at radius 3 is 1.50 bits per heavy atom. The Kier molecular flexibility index (Phi) is 3.22. The van der Waals surface area contributed by atoms with E-state index in [-0.39, 0.29) is 0 Å². The highest BCUT2D eigenvalue weighted by Gasteiger charge is 2.51. The fourth-order valence-electron chi connectivity index (χ4n) is 0.172. The lowest BCUT2D eigenvalue weighted by atomic mass is 11.6. The van der Waals surface area contributed by atoms with E-state index in [1.807, 2.05) is 0 Å². The lowest BCUT2D eigenvalue weighted by molar-refractivity contribution is -0.0617. The van der Waals surface area contributed by atoms with Crippen LogP contribution in [0.25, 0.3) is 0 Å². The number of hydrogen-bond donors (Lipinski definition) is 0. The van der Waals surface area contributed by atoms with E-state index in [1.54, 1.807) is 0 Å². The lowest BCUT2D eigenvalue weighted by Gasteiger charge is -2.11.